The Morgan fingerprint density at radius 3 is 2.41 bits per heavy atom. The summed E-state index contributed by atoms with van der Waals surface area (Å²) in [4.78, 5) is 27.0. The van der Waals surface area contributed by atoms with Gasteiger partial charge in [0, 0.05) is 18.2 Å². The first-order valence-corrected chi connectivity index (χ1v) is 11.6. The molecular weight excluding hydrogens is 388 g/mol. The summed E-state index contributed by atoms with van der Waals surface area (Å²) in [5.41, 5.74) is 2.59. The quantitative estimate of drug-likeness (QED) is 0.752. The van der Waals surface area contributed by atoms with Crippen LogP contribution in [0, 0.1) is 0 Å². The monoisotopic (exact) mass is 414 g/mol. The molecule has 2 aromatic rings. The topological polar surface area (TPSA) is 83.6 Å². The normalized spacial score (nSPS) is 17.6. The molecule has 2 aromatic carbocycles. The summed E-state index contributed by atoms with van der Waals surface area (Å²) < 4.78 is 23.1. The molecule has 3 rings (SSSR count). The molecule has 0 spiro atoms. The molecule has 7 heteroatoms. The summed E-state index contributed by atoms with van der Waals surface area (Å²) in [7, 11) is -3.07. The first-order chi connectivity index (χ1) is 13.9. The Labute approximate surface area is 171 Å². The molecule has 0 unspecified atom stereocenters. The van der Waals surface area contributed by atoms with Gasteiger partial charge in [0.25, 0.3) is 5.91 Å². The zero-order chi connectivity index (χ0) is 20.9. The molecule has 1 heterocycles. The van der Waals surface area contributed by atoms with Crippen LogP contribution in [0.1, 0.15) is 34.8 Å². The summed E-state index contributed by atoms with van der Waals surface area (Å²) >= 11 is 0. The molecule has 0 bridgehead atoms. The van der Waals surface area contributed by atoms with Gasteiger partial charge in [-0.05, 0) is 37.0 Å². The van der Waals surface area contributed by atoms with Crippen molar-refractivity contribution in [2.24, 2.45) is 0 Å². The van der Waals surface area contributed by atoms with Crippen molar-refractivity contribution in [1.29, 1.82) is 0 Å². The van der Waals surface area contributed by atoms with Crippen molar-refractivity contribution < 1.29 is 18.0 Å². The van der Waals surface area contributed by atoms with Crippen molar-refractivity contribution >= 4 is 21.7 Å². The molecule has 29 heavy (non-hydrogen) atoms. The van der Waals surface area contributed by atoms with Gasteiger partial charge in [0.05, 0.1) is 18.1 Å². The predicted octanol–water partition coefficient (Wildman–Crippen LogP) is 2.04. The van der Waals surface area contributed by atoms with E-state index >= 15 is 0 Å². The highest BCUT2D eigenvalue weighted by Crippen LogP contribution is 2.17. The van der Waals surface area contributed by atoms with E-state index in [1.807, 2.05) is 55.5 Å². The third-order valence-corrected chi connectivity index (χ3v) is 6.85. The molecule has 6 nitrogen and oxygen atoms in total. The lowest BCUT2D eigenvalue weighted by Gasteiger charge is -2.23. The standard InChI is InChI=1S/C22H26N2O4S/c1-2-24(15-21(25)23-19-12-13-29(27,28)16-19)22(26)20-11-7-6-10-18(20)14-17-8-4-3-5-9-17/h3-11,19H,2,12-16H2,1H3,(H,23,25)/t19-/m0/s1. The molecule has 1 fully saturated rings. The third-order valence-electron chi connectivity index (χ3n) is 5.09. The number of likely N-dealkylation sites (N-methyl/N-ethyl adjacent to an activating group) is 1. The molecule has 1 atom stereocenters. The Balaban J connectivity index is 1.68. The van der Waals surface area contributed by atoms with Gasteiger partial charge in [0.15, 0.2) is 9.84 Å². The van der Waals surface area contributed by atoms with E-state index in [1.165, 1.54) is 4.90 Å². The van der Waals surface area contributed by atoms with E-state index in [9.17, 15) is 18.0 Å². The number of carbonyl (C=O) groups excluding carboxylic acids is 2. The molecule has 0 aromatic heterocycles. The van der Waals surface area contributed by atoms with Crippen molar-refractivity contribution in [3.63, 3.8) is 0 Å². The fourth-order valence-corrected chi connectivity index (χ4v) is 5.23. The van der Waals surface area contributed by atoms with E-state index in [0.717, 1.165) is 11.1 Å². The SMILES string of the molecule is CCN(CC(=O)N[C@H]1CCS(=O)(=O)C1)C(=O)c1ccccc1Cc1ccccc1. The Morgan fingerprint density at radius 2 is 1.76 bits per heavy atom. The zero-order valence-corrected chi connectivity index (χ0v) is 17.3. The van der Waals surface area contributed by atoms with Crippen LogP contribution in [0.15, 0.2) is 54.6 Å². The van der Waals surface area contributed by atoms with Crippen molar-refractivity contribution in [2.45, 2.75) is 25.8 Å². The van der Waals surface area contributed by atoms with Crippen LogP contribution in [-0.4, -0.2) is 55.8 Å². The van der Waals surface area contributed by atoms with Gasteiger partial charge in [-0.2, -0.15) is 0 Å². The number of nitrogens with one attached hydrogen (secondary N) is 1. The Morgan fingerprint density at radius 1 is 1.07 bits per heavy atom. The summed E-state index contributed by atoms with van der Waals surface area (Å²) in [6, 6.07) is 17.0. The van der Waals surface area contributed by atoms with E-state index in [4.69, 9.17) is 0 Å². The number of benzene rings is 2. The second kappa shape index (κ2) is 9.22. The zero-order valence-electron chi connectivity index (χ0n) is 16.5. The number of carbonyl (C=O) groups is 2. The van der Waals surface area contributed by atoms with Crippen LogP contribution in [0.2, 0.25) is 0 Å². The summed E-state index contributed by atoms with van der Waals surface area (Å²) in [5, 5.41) is 2.75. The average molecular weight is 415 g/mol. The third kappa shape index (κ3) is 5.67. The minimum Gasteiger partial charge on any atom is -0.351 e. The first-order valence-electron chi connectivity index (χ1n) is 9.79. The largest absolute Gasteiger partial charge is 0.351 e. The number of amides is 2. The molecule has 1 saturated heterocycles. The highest BCUT2D eigenvalue weighted by molar-refractivity contribution is 7.91. The summed E-state index contributed by atoms with van der Waals surface area (Å²) in [6.45, 7) is 2.12. The highest BCUT2D eigenvalue weighted by Gasteiger charge is 2.29. The van der Waals surface area contributed by atoms with Crippen molar-refractivity contribution in [2.75, 3.05) is 24.6 Å². The van der Waals surface area contributed by atoms with E-state index in [1.54, 1.807) is 6.07 Å². The number of sulfone groups is 1. The fraction of sp³-hybridized carbons (Fsp3) is 0.364. The van der Waals surface area contributed by atoms with Crippen LogP contribution < -0.4 is 5.32 Å². The molecule has 0 radical (unpaired) electrons. The minimum absolute atomic E-state index is 0.0290. The Bertz CT molecular complexity index is 973. The van der Waals surface area contributed by atoms with Gasteiger partial charge < -0.3 is 10.2 Å². The maximum Gasteiger partial charge on any atom is 0.254 e. The van der Waals surface area contributed by atoms with Crippen LogP contribution in [0.5, 0.6) is 0 Å². The van der Waals surface area contributed by atoms with Gasteiger partial charge in [0.2, 0.25) is 5.91 Å². The molecule has 0 aliphatic carbocycles. The number of hydrogen-bond acceptors (Lipinski definition) is 4. The molecule has 0 saturated carbocycles. The first kappa shape index (κ1) is 21.0. The van der Waals surface area contributed by atoms with Crippen LogP contribution in [0.3, 0.4) is 0 Å². The summed E-state index contributed by atoms with van der Waals surface area (Å²) in [5.74, 6) is -0.462. The maximum atomic E-state index is 13.1. The van der Waals surface area contributed by atoms with Crippen LogP contribution in [0.25, 0.3) is 0 Å². The highest BCUT2D eigenvalue weighted by atomic mass is 32.2. The Hall–Kier alpha value is -2.67. The fourth-order valence-electron chi connectivity index (χ4n) is 3.55. The van der Waals surface area contributed by atoms with Gasteiger partial charge in [-0.3, -0.25) is 9.59 Å². The van der Waals surface area contributed by atoms with E-state index in [2.05, 4.69) is 5.32 Å². The average Bonchev–Trinajstić information content (AvgIpc) is 3.05. The lowest BCUT2D eigenvalue weighted by Crippen LogP contribution is -2.44. The summed E-state index contributed by atoms with van der Waals surface area (Å²) in [6.07, 6.45) is 1.06. The molecule has 1 aliphatic rings. The van der Waals surface area contributed by atoms with Gasteiger partial charge in [-0.15, -0.1) is 0 Å². The Kier molecular flexibility index (Phi) is 6.69. The number of rotatable bonds is 7. The molecular formula is C22H26N2O4S. The lowest BCUT2D eigenvalue weighted by atomic mass is 9.99. The van der Waals surface area contributed by atoms with Crippen LogP contribution >= 0.6 is 0 Å². The van der Waals surface area contributed by atoms with Crippen molar-refractivity contribution in [1.82, 2.24) is 10.2 Å². The van der Waals surface area contributed by atoms with Gasteiger partial charge in [-0.1, -0.05) is 48.5 Å². The molecule has 2 amide bonds. The number of hydrogen-bond donors (Lipinski definition) is 1. The van der Waals surface area contributed by atoms with E-state index in [-0.39, 0.29) is 35.9 Å². The minimum atomic E-state index is -3.07. The number of nitrogens with zero attached hydrogens (tertiary/aromatic N) is 1. The predicted molar refractivity (Wildman–Crippen MR) is 112 cm³/mol. The van der Waals surface area contributed by atoms with Crippen LogP contribution in [0.4, 0.5) is 0 Å². The van der Waals surface area contributed by atoms with Crippen LogP contribution in [-0.2, 0) is 21.1 Å². The van der Waals surface area contributed by atoms with Gasteiger partial charge in [-0.25, -0.2) is 8.42 Å². The van der Waals surface area contributed by atoms with E-state index < -0.39 is 9.84 Å². The van der Waals surface area contributed by atoms with Gasteiger partial charge in [0.1, 0.15) is 0 Å². The molecule has 1 N–H and O–H groups in total. The second-order valence-electron chi connectivity index (χ2n) is 7.31. The second-order valence-corrected chi connectivity index (χ2v) is 9.54. The smallest absolute Gasteiger partial charge is 0.254 e. The lowest BCUT2D eigenvalue weighted by molar-refractivity contribution is -0.122. The van der Waals surface area contributed by atoms with E-state index in [0.29, 0.717) is 24.9 Å². The molecule has 154 valence electrons. The maximum absolute atomic E-state index is 13.1. The van der Waals surface area contributed by atoms with Crippen molar-refractivity contribution in [3.8, 4) is 0 Å². The van der Waals surface area contributed by atoms with Crippen molar-refractivity contribution in [3.05, 3.63) is 71.3 Å². The molecule has 1 aliphatic heterocycles. The van der Waals surface area contributed by atoms with Gasteiger partial charge >= 0.3 is 0 Å².